The third-order valence-electron chi connectivity index (χ3n) is 2.28. The van der Waals surface area contributed by atoms with Gasteiger partial charge in [0.15, 0.2) is 5.15 Å². The Bertz CT molecular complexity index is 510. The van der Waals surface area contributed by atoms with Gasteiger partial charge in [-0.25, -0.2) is 4.98 Å². The van der Waals surface area contributed by atoms with Gasteiger partial charge in [-0.2, -0.15) is 12.7 Å². The summed E-state index contributed by atoms with van der Waals surface area (Å²) in [7, 11) is -2.06. The van der Waals surface area contributed by atoms with Gasteiger partial charge in [-0.1, -0.05) is 24.9 Å². The van der Waals surface area contributed by atoms with Gasteiger partial charge in [-0.05, 0) is 28.4 Å². The summed E-state index contributed by atoms with van der Waals surface area (Å²) in [6, 6.07) is 1.57. The molecule has 0 atom stereocenters. The molecule has 0 aliphatic rings. The lowest BCUT2D eigenvalue weighted by molar-refractivity contribution is 0.463. The molecule has 0 amide bonds. The lowest BCUT2D eigenvalue weighted by atomic mass is 10.3. The Kier molecular flexibility index (Phi) is 5.84. The van der Waals surface area contributed by atoms with E-state index < -0.39 is 10.2 Å². The van der Waals surface area contributed by atoms with E-state index in [9.17, 15) is 8.42 Å². The second kappa shape index (κ2) is 6.70. The summed E-state index contributed by atoms with van der Waals surface area (Å²) in [5.41, 5.74) is 0.259. The van der Waals surface area contributed by atoms with Crippen LogP contribution in [0.1, 0.15) is 19.8 Å². The van der Waals surface area contributed by atoms with Crippen LogP contribution in [0.3, 0.4) is 0 Å². The molecule has 102 valence electrons. The third kappa shape index (κ3) is 4.38. The summed E-state index contributed by atoms with van der Waals surface area (Å²) in [5.74, 6) is 0. The van der Waals surface area contributed by atoms with E-state index >= 15 is 0 Å². The minimum Gasteiger partial charge on any atom is -0.268 e. The Labute approximate surface area is 121 Å². The van der Waals surface area contributed by atoms with E-state index in [1.54, 1.807) is 6.07 Å². The summed E-state index contributed by atoms with van der Waals surface area (Å²) in [6.45, 7) is 2.47. The van der Waals surface area contributed by atoms with E-state index in [1.165, 1.54) is 17.5 Å². The first-order valence-electron chi connectivity index (χ1n) is 5.42. The predicted octanol–water partition coefficient (Wildman–Crippen LogP) is 2.89. The van der Waals surface area contributed by atoms with E-state index in [2.05, 4.69) is 25.6 Å². The first-order chi connectivity index (χ1) is 8.36. The molecule has 18 heavy (non-hydrogen) atoms. The summed E-state index contributed by atoms with van der Waals surface area (Å²) >= 11 is 9.05. The molecule has 1 N–H and O–H groups in total. The summed E-state index contributed by atoms with van der Waals surface area (Å²) < 4.78 is 28.3. The predicted molar refractivity (Wildman–Crippen MR) is 77.0 cm³/mol. The SMILES string of the molecule is CCCCN(C)S(=O)(=O)Nc1cc(Br)cnc1Cl. The van der Waals surface area contributed by atoms with Crippen molar-refractivity contribution in [2.75, 3.05) is 18.3 Å². The number of rotatable bonds is 6. The quantitative estimate of drug-likeness (QED) is 0.797. The first-order valence-corrected chi connectivity index (χ1v) is 8.03. The number of hydrogen-bond acceptors (Lipinski definition) is 3. The second-order valence-electron chi connectivity index (χ2n) is 3.77. The number of nitrogens with zero attached hydrogens (tertiary/aromatic N) is 2. The first kappa shape index (κ1) is 15.7. The van der Waals surface area contributed by atoms with Crippen LogP contribution < -0.4 is 4.72 Å². The van der Waals surface area contributed by atoms with E-state index in [0.29, 0.717) is 11.0 Å². The molecule has 1 rings (SSSR count). The van der Waals surface area contributed by atoms with Gasteiger partial charge in [0.05, 0.1) is 5.69 Å². The zero-order valence-corrected chi connectivity index (χ0v) is 13.3. The zero-order chi connectivity index (χ0) is 13.8. The van der Waals surface area contributed by atoms with Crippen LogP contribution in [-0.2, 0) is 10.2 Å². The molecule has 0 saturated carbocycles. The smallest absolute Gasteiger partial charge is 0.268 e. The van der Waals surface area contributed by atoms with Crippen molar-refractivity contribution < 1.29 is 8.42 Å². The van der Waals surface area contributed by atoms with E-state index in [4.69, 9.17) is 11.6 Å². The molecule has 0 saturated heterocycles. The van der Waals surface area contributed by atoms with Crippen LogP contribution in [0.4, 0.5) is 5.69 Å². The van der Waals surface area contributed by atoms with Gasteiger partial charge < -0.3 is 0 Å². The molecule has 0 spiro atoms. The number of aromatic nitrogens is 1. The van der Waals surface area contributed by atoms with Crippen LogP contribution in [0.2, 0.25) is 5.15 Å². The minimum atomic E-state index is -3.59. The molecule has 0 radical (unpaired) electrons. The summed E-state index contributed by atoms with van der Waals surface area (Å²) in [4.78, 5) is 3.86. The molecule has 0 aromatic carbocycles. The topological polar surface area (TPSA) is 62.3 Å². The van der Waals surface area contributed by atoms with Crippen molar-refractivity contribution in [2.45, 2.75) is 19.8 Å². The lowest BCUT2D eigenvalue weighted by Gasteiger charge is -2.18. The van der Waals surface area contributed by atoms with Crippen LogP contribution in [0.25, 0.3) is 0 Å². The van der Waals surface area contributed by atoms with Gasteiger partial charge in [-0.15, -0.1) is 0 Å². The van der Waals surface area contributed by atoms with Crippen molar-refractivity contribution in [3.63, 3.8) is 0 Å². The Morgan fingerprint density at radius 2 is 2.22 bits per heavy atom. The molecule has 0 unspecified atom stereocenters. The van der Waals surface area contributed by atoms with Gasteiger partial charge in [0.25, 0.3) is 0 Å². The lowest BCUT2D eigenvalue weighted by Crippen LogP contribution is -2.33. The molecular weight excluding hydrogens is 342 g/mol. The largest absolute Gasteiger partial charge is 0.301 e. The maximum Gasteiger partial charge on any atom is 0.301 e. The van der Waals surface area contributed by atoms with Crippen LogP contribution >= 0.6 is 27.5 Å². The van der Waals surface area contributed by atoms with Crippen LogP contribution in [-0.4, -0.2) is 31.3 Å². The second-order valence-corrected chi connectivity index (χ2v) is 6.83. The van der Waals surface area contributed by atoms with Crippen LogP contribution in [0, 0.1) is 0 Å². The highest BCUT2D eigenvalue weighted by Gasteiger charge is 2.18. The number of hydrogen-bond donors (Lipinski definition) is 1. The molecule has 0 bridgehead atoms. The number of halogens is 2. The number of unbranched alkanes of at least 4 members (excludes halogenated alkanes) is 1. The minimum absolute atomic E-state index is 0.116. The fourth-order valence-corrected chi connectivity index (χ4v) is 2.71. The number of pyridine rings is 1. The van der Waals surface area contributed by atoms with Gasteiger partial charge >= 0.3 is 10.2 Å². The maximum absolute atomic E-state index is 12.0. The van der Waals surface area contributed by atoms with Crippen molar-refractivity contribution in [1.29, 1.82) is 0 Å². The molecular formula is C10H15BrClN3O2S. The van der Waals surface area contributed by atoms with E-state index in [-0.39, 0.29) is 10.8 Å². The van der Waals surface area contributed by atoms with Gasteiger partial charge in [-0.3, -0.25) is 4.72 Å². The highest BCUT2D eigenvalue weighted by atomic mass is 79.9. The normalized spacial score (nSPS) is 11.8. The van der Waals surface area contributed by atoms with Gasteiger partial charge in [0.1, 0.15) is 0 Å². The van der Waals surface area contributed by atoms with Crippen molar-refractivity contribution in [3.8, 4) is 0 Å². The number of anilines is 1. The maximum atomic E-state index is 12.0. The molecule has 1 aromatic rings. The molecule has 0 aliphatic heterocycles. The van der Waals surface area contributed by atoms with Crippen molar-refractivity contribution in [2.24, 2.45) is 0 Å². The van der Waals surface area contributed by atoms with Crippen LogP contribution in [0.5, 0.6) is 0 Å². The fraction of sp³-hybridized carbons (Fsp3) is 0.500. The van der Waals surface area contributed by atoms with E-state index in [0.717, 1.165) is 12.8 Å². The Hall–Kier alpha value is -0.370. The fourth-order valence-electron chi connectivity index (χ4n) is 1.21. The molecule has 0 aliphatic carbocycles. The molecule has 8 heteroatoms. The van der Waals surface area contributed by atoms with E-state index in [1.807, 2.05) is 6.92 Å². The average molecular weight is 357 g/mol. The highest BCUT2D eigenvalue weighted by molar-refractivity contribution is 9.10. The Morgan fingerprint density at radius 1 is 1.56 bits per heavy atom. The van der Waals surface area contributed by atoms with Gasteiger partial charge in [0, 0.05) is 24.3 Å². The summed E-state index contributed by atoms with van der Waals surface area (Å²) in [6.07, 6.45) is 3.24. The standard InChI is InChI=1S/C10H15BrClN3O2S/c1-3-4-5-15(2)18(16,17)14-9-6-8(11)7-13-10(9)12/h6-7,14H,3-5H2,1-2H3. The van der Waals surface area contributed by atoms with Gasteiger partial charge in [0.2, 0.25) is 0 Å². The third-order valence-corrected chi connectivity index (χ3v) is 4.50. The highest BCUT2D eigenvalue weighted by Crippen LogP contribution is 2.24. The number of nitrogens with one attached hydrogen (secondary N) is 1. The van der Waals surface area contributed by atoms with Crippen molar-refractivity contribution in [1.82, 2.24) is 9.29 Å². The summed E-state index contributed by atoms with van der Waals surface area (Å²) in [5, 5.41) is 0.116. The Morgan fingerprint density at radius 3 is 2.83 bits per heavy atom. The monoisotopic (exact) mass is 355 g/mol. The van der Waals surface area contributed by atoms with Crippen molar-refractivity contribution >= 4 is 43.4 Å². The molecule has 1 heterocycles. The molecule has 0 fully saturated rings. The van der Waals surface area contributed by atoms with Crippen LogP contribution in [0.15, 0.2) is 16.7 Å². The zero-order valence-electron chi connectivity index (χ0n) is 10.2. The Balaban J connectivity index is 2.85. The molecule has 1 aromatic heterocycles. The van der Waals surface area contributed by atoms with Crippen molar-refractivity contribution in [3.05, 3.63) is 21.9 Å². The average Bonchev–Trinajstić information content (AvgIpc) is 2.30. The molecule has 5 nitrogen and oxygen atoms in total.